The number of aromatic amines is 1. The first-order chi connectivity index (χ1) is 7.75. The highest BCUT2D eigenvalue weighted by molar-refractivity contribution is 5.18. The van der Waals surface area contributed by atoms with Crippen molar-refractivity contribution in [2.24, 2.45) is 0 Å². The summed E-state index contributed by atoms with van der Waals surface area (Å²) in [7, 11) is 0. The van der Waals surface area contributed by atoms with E-state index in [1.165, 1.54) is 18.4 Å². The number of hydrogen-bond acceptors (Lipinski definition) is 3. The summed E-state index contributed by atoms with van der Waals surface area (Å²) in [6.07, 6.45) is 6.29. The van der Waals surface area contributed by atoms with Gasteiger partial charge < -0.3 is 10.4 Å². The Hall–Kier alpha value is -0.870. The minimum absolute atomic E-state index is 0.318. The van der Waals surface area contributed by atoms with E-state index in [1.807, 2.05) is 13.1 Å². The maximum absolute atomic E-state index is 8.64. The second-order valence-electron chi connectivity index (χ2n) is 4.26. The number of nitrogens with one attached hydrogen (secondary N) is 2. The Morgan fingerprint density at radius 1 is 1.38 bits per heavy atom. The fraction of sp³-hybridized carbons (Fsp3) is 0.750. The van der Waals surface area contributed by atoms with Gasteiger partial charge in [0.2, 0.25) is 0 Å². The van der Waals surface area contributed by atoms with Crippen LogP contribution < -0.4 is 5.32 Å². The molecule has 0 aromatic carbocycles. The number of hydrogen-bond donors (Lipinski definition) is 3. The predicted octanol–water partition coefficient (Wildman–Crippen LogP) is 1.92. The molecule has 0 bridgehead atoms. The molecule has 1 aromatic rings. The van der Waals surface area contributed by atoms with Crippen molar-refractivity contribution in [1.29, 1.82) is 0 Å². The summed E-state index contributed by atoms with van der Waals surface area (Å²) < 4.78 is 0. The van der Waals surface area contributed by atoms with E-state index in [1.54, 1.807) is 0 Å². The van der Waals surface area contributed by atoms with Crippen LogP contribution in [-0.4, -0.2) is 28.5 Å². The zero-order valence-corrected chi connectivity index (χ0v) is 10.3. The molecule has 1 atom stereocenters. The van der Waals surface area contributed by atoms with Crippen LogP contribution in [0.5, 0.6) is 0 Å². The lowest BCUT2D eigenvalue weighted by Crippen LogP contribution is -2.20. The molecule has 1 aromatic heterocycles. The minimum atomic E-state index is 0.318. The highest BCUT2D eigenvalue weighted by Gasteiger charge is 2.08. The van der Waals surface area contributed by atoms with Crippen molar-refractivity contribution >= 4 is 0 Å². The molecule has 0 aliphatic rings. The molecule has 0 spiro atoms. The van der Waals surface area contributed by atoms with E-state index >= 15 is 0 Å². The molecule has 1 rings (SSSR count). The zero-order chi connectivity index (χ0) is 11.8. The van der Waals surface area contributed by atoms with Gasteiger partial charge in [-0.05, 0) is 33.2 Å². The molecule has 0 fully saturated rings. The summed E-state index contributed by atoms with van der Waals surface area (Å²) in [5.41, 5.74) is 2.38. The van der Waals surface area contributed by atoms with E-state index in [2.05, 4.69) is 22.4 Å². The van der Waals surface area contributed by atoms with Gasteiger partial charge >= 0.3 is 0 Å². The van der Waals surface area contributed by atoms with E-state index in [0.29, 0.717) is 12.6 Å². The molecule has 0 aliphatic heterocycles. The van der Waals surface area contributed by atoms with Gasteiger partial charge in [0.1, 0.15) is 0 Å². The number of rotatable bonds is 8. The summed E-state index contributed by atoms with van der Waals surface area (Å²) in [5, 5.41) is 19.1. The average molecular weight is 225 g/mol. The zero-order valence-electron chi connectivity index (χ0n) is 10.3. The van der Waals surface area contributed by atoms with E-state index < -0.39 is 0 Å². The molecule has 3 N–H and O–H groups in total. The number of aromatic nitrogens is 2. The molecule has 4 heteroatoms. The number of nitrogens with zero attached hydrogens (tertiary/aromatic N) is 1. The lowest BCUT2D eigenvalue weighted by molar-refractivity contribution is 0.282. The van der Waals surface area contributed by atoms with Crippen LogP contribution in [0.3, 0.4) is 0 Å². The molecule has 0 aliphatic carbocycles. The molecule has 1 heterocycles. The smallest absolute Gasteiger partial charge is 0.0537 e. The summed E-state index contributed by atoms with van der Waals surface area (Å²) in [5.74, 6) is 0. The van der Waals surface area contributed by atoms with Crippen LogP contribution in [0.2, 0.25) is 0 Å². The quantitative estimate of drug-likeness (QED) is 0.592. The van der Waals surface area contributed by atoms with Gasteiger partial charge in [-0.1, -0.05) is 12.8 Å². The van der Waals surface area contributed by atoms with Crippen molar-refractivity contribution < 1.29 is 5.11 Å². The Morgan fingerprint density at radius 2 is 2.12 bits per heavy atom. The maximum atomic E-state index is 8.64. The van der Waals surface area contributed by atoms with Gasteiger partial charge in [0, 0.05) is 23.9 Å². The average Bonchev–Trinajstić information content (AvgIpc) is 2.69. The number of unbranched alkanes of at least 4 members (excludes halogenated alkanes) is 3. The van der Waals surface area contributed by atoms with Gasteiger partial charge in [-0.15, -0.1) is 0 Å². The largest absolute Gasteiger partial charge is 0.396 e. The van der Waals surface area contributed by atoms with Crippen LogP contribution in [-0.2, 0) is 0 Å². The Morgan fingerprint density at radius 3 is 2.75 bits per heavy atom. The topological polar surface area (TPSA) is 60.9 Å². The van der Waals surface area contributed by atoms with E-state index in [4.69, 9.17) is 5.11 Å². The third kappa shape index (κ3) is 4.33. The van der Waals surface area contributed by atoms with Crippen molar-refractivity contribution in [2.45, 2.75) is 45.6 Å². The number of H-pyrrole nitrogens is 1. The third-order valence-corrected chi connectivity index (χ3v) is 2.87. The first-order valence-corrected chi connectivity index (χ1v) is 6.09. The number of aliphatic hydroxyl groups is 1. The molecular weight excluding hydrogens is 202 g/mol. The Labute approximate surface area is 97.5 Å². The van der Waals surface area contributed by atoms with Crippen LogP contribution in [0.4, 0.5) is 0 Å². The van der Waals surface area contributed by atoms with Gasteiger partial charge in [-0.3, -0.25) is 5.10 Å². The van der Waals surface area contributed by atoms with Crippen molar-refractivity contribution in [3.8, 4) is 0 Å². The molecular formula is C12H23N3O. The predicted molar refractivity (Wildman–Crippen MR) is 65.3 cm³/mol. The monoisotopic (exact) mass is 225 g/mol. The highest BCUT2D eigenvalue weighted by atomic mass is 16.2. The van der Waals surface area contributed by atoms with Crippen molar-refractivity contribution in [3.63, 3.8) is 0 Å². The lowest BCUT2D eigenvalue weighted by Gasteiger charge is -2.12. The van der Waals surface area contributed by atoms with Gasteiger partial charge in [0.25, 0.3) is 0 Å². The molecule has 1 unspecified atom stereocenters. The molecule has 92 valence electrons. The second-order valence-corrected chi connectivity index (χ2v) is 4.26. The Kier molecular flexibility index (Phi) is 6.11. The standard InChI is InChI=1S/C12H23N3O/c1-10(12-9-14-15-11(12)2)13-7-5-3-4-6-8-16/h9-10,13,16H,3-8H2,1-2H3,(H,14,15). The van der Waals surface area contributed by atoms with Gasteiger partial charge in [0.05, 0.1) is 6.20 Å². The van der Waals surface area contributed by atoms with Crippen LogP contribution in [0, 0.1) is 6.92 Å². The molecule has 0 saturated carbocycles. The molecule has 0 saturated heterocycles. The normalized spacial score (nSPS) is 12.9. The van der Waals surface area contributed by atoms with Gasteiger partial charge in [-0.2, -0.15) is 5.10 Å². The van der Waals surface area contributed by atoms with Gasteiger partial charge in [0.15, 0.2) is 0 Å². The SMILES string of the molecule is Cc1[nH]ncc1C(C)NCCCCCCO. The van der Waals surface area contributed by atoms with Crippen molar-refractivity contribution in [3.05, 3.63) is 17.5 Å². The molecule has 4 nitrogen and oxygen atoms in total. The summed E-state index contributed by atoms with van der Waals surface area (Å²) in [6, 6.07) is 0.358. The highest BCUT2D eigenvalue weighted by Crippen LogP contribution is 2.14. The van der Waals surface area contributed by atoms with E-state index in [0.717, 1.165) is 25.1 Å². The summed E-state index contributed by atoms with van der Waals surface area (Å²) >= 11 is 0. The molecule has 0 amide bonds. The fourth-order valence-corrected chi connectivity index (χ4v) is 1.82. The minimum Gasteiger partial charge on any atom is -0.396 e. The third-order valence-electron chi connectivity index (χ3n) is 2.87. The summed E-state index contributed by atoms with van der Waals surface area (Å²) in [4.78, 5) is 0. The van der Waals surface area contributed by atoms with Crippen LogP contribution >= 0.6 is 0 Å². The van der Waals surface area contributed by atoms with Gasteiger partial charge in [-0.25, -0.2) is 0 Å². The van der Waals surface area contributed by atoms with E-state index in [-0.39, 0.29) is 0 Å². The van der Waals surface area contributed by atoms with E-state index in [9.17, 15) is 0 Å². The second kappa shape index (κ2) is 7.41. The van der Waals surface area contributed by atoms with Crippen LogP contribution in [0.15, 0.2) is 6.20 Å². The van der Waals surface area contributed by atoms with Crippen molar-refractivity contribution in [1.82, 2.24) is 15.5 Å². The maximum Gasteiger partial charge on any atom is 0.0537 e. The fourth-order valence-electron chi connectivity index (χ4n) is 1.82. The molecule has 16 heavy (non-hydrogen) atoms. The van der Waals surface area contributed by atoms with Crippen LogP contribution in [0.1, 0.15) is 49.9 Å². The van der Waals surface area contributed by atoms with Crippen LogP contribution in [0.25, 0.3) is 0 Å². The number of aliphatic hydroxyl groups excluding tert-OH is 1. The first kappa shape index (κ1) is 13.2. The Bertz CT molecular complexity index is 286. The summed E-state index contributed by atoms with van der Waals surface area (Å²) in [6.45, 7) is 5.54. The van der Waals surface area contributed by atoms with Crippen molar-refractivity contribution in [2.75, 3.05) is 13.2 Å². The molecule has 0 radical (unpaired) electrons. The Balaban J connectivity index is 2.11. The lowest BCUT2D eigenvalue weighted by atomic mass is 10.1. The first-order valence-electron chi connectivity index (χ1n) is 6.09. The number of aryl methyl sites for hydroxylation is 1.